The van der Waals surface area contributed by atoms with E-state index in [1.165, 1.54) is 10.9 Å². The highest BCUT2D eigenvalue weighted by Gasteiger charge is 2.12. The highest BCUT2D eigenvalue weighted by Crippen LogP contribution is 2.21. The Morgan fingerprint density at radius 2 is 1.76 bits per heavy atom. The zero-order chi connectivity index (χ0) is 14.7. The van der Waals surface area contributed by atoms with Crippen LogP contribution in [0.4, 0.5) is 0 Å². The quantitative estimate of drug-likeness (QED) is 0.539. The molecule has 0 bridgehead atoms. The van der Waals surface area contributed by atoms with Crippen molar-refractivity contribution >= 4 is 28.4 Å². The largest absolute Gasteiger partial charge is 0.293 e. The molecular weight excluding hydrogens is 278 g/mol. The fourth-order valence-electron chi connectivity index (χ4n) is 2.31. The van der Waals surface area contributed by atoms with E-state index in [9.17, 15) is 4.79 Å². The molecule has 0 amide bonds. The molecule has 0 unspecified atom stereocenters. The van der Waals surface area contributed by atoms with Crippen molar-refractivity contribution in [3.8, 4) is 0 Å². The zero-order valence-corrected chi connectivity index (χ0v) is 12.6. The number of carbonyl (C=O) groups excluding carboxylic acids is 1. The van der Waals surface area contributed by atoms with Crippen LogP contribution in [0.5, 0.6) is 0 Å². The van der Waals surface area contributed by atoms with Gasteiger partial charge in [-0.3, -0.25) is 4.79 Å². The first-order chi connectivity index (χ1) is 10.2. The van der Waals surface area contributed by atoms with Gasteiger partial charge in [-0.05, 0) is 30.3 Å². The third-order valence-electron chi connectivity index (χ3n) is 3.41. The number of para-hydroxylation sites is 1. The molecule has 0 spiro atoms. The van der Waals surface area contributed by atoms with E-state index in [4.69, 9.17) is 0 Å². The van der Waals surface area contributed by atoms with E-state index in [1.54, 1.807) is 11.8 Å². The molecule has 0 saturated carbocycles. The van der Waals surface area contributed by atoms with E-state index in [0.717, 1.165) is 16.1 Å². The highest BCUT2D eigenvalue weighted by molar-refractivity contribution is 7.99. The molecule has 0 aliphatic carbocycles. The normalized spacial score (nSPS) is 10.7. The summed E-state index contributed by atoms with van der Waals surface area (Å²) in [7, 11) is 0. The van der Waals surface area contributed by atoms with E-state index >= 15 is 0 Å². The number of aromatic nitrogens is 1. The zero-order valence-electron chi connectivity index (χ0n) is 11.8. The van der Waals surface area contributed by atoms with Crippen molar-refractivity contribution in [2.24, 2.45) is 0 Å². The maximum absolute atomic E-state index is 12.1. The predicted molar refractivity (Wildman–Crippen MR) is 86.7 cm³/mol. The lowest BCUT2D eigenvalue weighted by molar-refractivity contribution is -0.395. The Bertz CT molecular complexity index is 784. The number of pyridine rings is 1. The lowest BCUT2D eigenvalue weighted by Crippen LogP contribution is -2.10. The van der Waals surface area contributed by atoms with E-state index in [1.807, 2.05) is 42.5 Å². The molecule has 3 aromatic rings. The van der Waals surface area contributed by atoms with Crippen molar-refractivity contribution in [1.82, 2.24) is 0 Å². The van der Waals surface area contributed by atoms with E-state index in [2.05, 4.69) is 30.1 Å². The Morgan fingerprint density at radius 1 is 1.05 bits per heavy atom. The summed E-state index contributed by atoms with van der Waals surface area (Å²) in [5.74, 6) is 0.595. The van der Waals surface area contributed by atoms with Crippen molar-refractivity contribution in [3.05, 3.63) is 71.8 Å². The van der Waals surface area contributed by atoms with Gasteiger partial charge in [0.15, 0.2) is 5.78 Å². The summed E-state index contributed by atoms with van der Waals surface area (Å²) in [6.07, 6.45) is 0. The molecule has 2 aromatic carbocycles. The number of H-pyrrole nitrogens is 1. The SMILES string of the molecule is Cc1cc(SCC(=O)c2ccccc2)[nH+]c2ccccc12. The number of benzene rings is 2. The summed E-state index contributed by atoms with van der Waals surface area (Å²) in [4.78, 5) is 15.5. The van der Waals surface area contributed by atoms with Gasteiger partial charge in [0.05, 0.1) is 5.75 Å². The fraction of sp³-hybridized carbons (Fsp3) is 0.111. The lowest BCUT2D eigenvalue weighted by Gasteiger charge is -2.01. The topological polar surface area (TPSA) is 31.2 Å². The molecule has 3 rings (SSSR count). The first-order valence-corrected chi connectivity index (χ1v) is 7.85. The average molecular weight is 294 g/mol. The van der Waals surface area contributed by atoms with Crippen molar-refractivity contribution in [3.63, 3.8) is 0 Å². The standard InChI is InChI=1S/C18H15NOS/c1-13-11-18(19-16-10-6-5-9-15(13)16)21-12-17(20)14-7-3-2-4-8-14/h2-11H,12H2,1H3/p+1. The van der Waals surface area contributed by atoms with Crippen LogP contribution in [-0.2, 0) is 0 Å². The first kappa shape index (κ1) is 13.8. The Morgan fingerprint density at radius 3 is 2.57 bits per heavy atom. The third kappa shape index (κ3) is 3.14. The molecule has 0 aliphatic rings. The molecule has 0 aliphatic heterocycles. The average Bonchev–Trinajstić information content (AvgIpc) is 2.53. The Kier molecular flexibility index (Phi) is 4.02. The summed E-state index contributed by atoms with van der Waals surface area (Å²) in [5.41, 5.74) is 3.09. The summed E-state index contributed by atoms with van der Waals surface area (Å²) < 4.78 is 0. The van der Waals surface area contributed by atoms with Gasteiger partial charge in [0.1, 0.15) is 0 Å². The van der Waals surface area contributed by atoms with Crippen molar-refractivity contribution < 1.29 is 9.78 Å². The minimum Gasteiger partial charge on any atom is -0.293 e. The van der Waals surface area contributed by atoms with Gasteiger partial charge in [0.25, 0.3) is 0 Å². The van der Waals surface area contributed by atoms with Gasteiger partial charge >= 0.3 is 0 Å². The molecule has 0 fully saturated rings. The number of hydrogen-bond donors (Lipinski definition) is 0. The molecule has 104 valence electrons. The van der Waals surface area contributed by atoms with Gasteiger partial charge in [-0.25, -0.2) is 0 Å². The number of thioether (sulfide) groups is 1. The molecule has 0 saturated heterocycles. The molecule has 1 heterocycles. The lowest BCUT2D eigenvalue weighted by atomic mass is 10.1. The number of carbonyl (C=O) groups is 1. The fourth-order valence-corrected chi connectivity index (χ4v) is 3.20. The van der Waals surface area contributed by atoms with Gasteiger partial charge in [0.2, 0.25) is 10.5 Å². The van der Waals surface area contributed by atoms with E-state index in [0.29, 0.717) is 5.75 Å². The first-order valence-electron chi connectivity index (χ1n) is 6.87. The smallest absolute Gasteiger partial charge is 0.239 e. The van der Waals surface area contributed by atoms with Crippen LogP contribution < -0.4 is 4.98 Å². The molecule has 3 heteroatoms. The van der Waals surface area contributed by atoms with Gasteiger partial charge in [-0.15, -0.1) is 0 Å². The number of aryl methyl sites for hydroxylation is 1. The monoisotopic (exact) mass is 294 g/mol. The van der Waals surface area contributed by atoms with Crippen LogP contribution in [0.3, 0.4) is 0 Å². The summed E-state index contributed by atoms with van der Waals surface area (Å²) in [5, 5.41) is 2.24. The van der Waals surface area contributed by atoms with Crippen LogP contribution in [0.25, 0.3) is 10.9 Å². The van der Waals surface area contributed by atoms with E-state index in [-0.39, 0.29) is 5.78 Å². The van der Waals surface area contributed by atoms with Gasteiger partial charge in [0, 0.05) is 23.1 Å². The van der Waals surface area contributed by atoms with Crippen LogP contribution in [0, 0.1) is 6.92 Å². The maximum Gasteiger partial charge on any atom is 0.239 e. The molecule has 1 aromatic heterocycles. The number of nitrogens with one attached hydrogen (secondary N) is 1. The third-order valence-corrected chi connectivity index (χ3v) is 4.35. The second-order valence-corrected chi connectivity index (χ2v) is 5.96. The maximum atomic E-state index is 12.1. The Hall–Kier alpha value is -2.13. The van der Waals surface area contributed by atoms with Crippen LogP contribution in [0.1, 0.15) is 15.9 Å². The van der Waals surface area contributed by atoms with Crippen LogP contribution in [-0.4, -0.2) is 11.5 Å². The number of ketones is 1. The van der Waals surface area contributed by atoms with Crippen LogP contribution in [0.2, 0.25) is 0 Å². The molecule has 2 nitrogen and oxygen atoms in total. The Labute approximate surface area is 128 Å². The second kappa shape index (κ2) is 6.10. The highest BCUT2D eigenvalue weighted by atomic mass is 32.2. The molecule has 0 atom stereocenters. The molecule has 0 radical (unpaired) electrons. The molecule has 1 N–H and O–H groups in total. The van der Waals surface area contributed by atoms with Crippen molar-refractivity contribution in [2.75, 3.05) is 5.75 Å². The van der Waals surface area contributed by atoms with Crippen molar-refractivity contribution in [1.29, 1.82) is 0 Å². The van der Waals surface area contributed by atoms with Crippen LogP contribution in [0.15, 0.2) is 65.7 Å². The second-order valence-electron chi connectivity index (χ2n) is 4.94. The summed E-state index contributed by atoms with van der Waals surface area (Å²) in [6, 6.07) is 19.7. The summed E-state index contributed by atoms with van der Waals surface area (Å²) in [6.45, 7) is 2.10. The van der Waals surface area contributed by atoms with Gasteiger partial charge < -0.3 is 0 Å². The van der Waals surface area contributed by atoms with Gasteiger partial charge in [-0.1, -0.05) is 42.5 Å². The minimum absolute atomic E-state index is 0.153. The number of Topliss-reactive ketones (excluding diaryl/α,β-unsaturated/α-hetero) is 1. The van der Waals surface area contributed by atoms with Gasteiger partial charge in [-0.2, -0.15) is 4.98 Å². The molecular formula is C18H16NOS+. The number of rotatable bonds is 4. The van der Waals surface area contributed by atoms with Crippen LogP contribution >= 0.6 is 11.8 Å². The number of hydrogen-bond acceptors (Lipinski definition) is 2. The van der Waals surface area contributed by atoms with E-state index < -0.39 is 0 Å². The predicted octanol–water partition coefficient (Wildman–Crippen LogP) is 3.94. The number of fused-ring (bicyclic) bond motifs is 1. The molecule has 21 heavy (non-hydrogen) atoms. The minimum atomic E-state index is 0.153. The Balaban J connectivity index is 1.78. The summed E-state index contributed by atoms with van der Waals surface area (Å²) >= 11 is 1.55. The number of aromatic amines is 1. The van der Waals surface area contributed by atoms with Crippen molar-refractivity contribution in [2.45, 2.75) is 11.9 Å².